The van der Waals surface area contributed by atoms with Gasteiger partial charge in [-0.2, -0.15) is 0 Å². The Bertz CT molecular complexity index is 1420. The zero-order chi connectivity index (χ0) is 24.9. The van der Waals surface area contributed by atoms with Crippen LogP contribution in [0.15, 0.2) is 53.4 Å². The van der Waals surface area contributed by atoms with Gasteiger partial charge in [0.15, 0.2) is 9.84 Å². The molecule has 0 saturated carbocycles. The number of hydrogen-bond acceptors (Lipinski definition) is 7. The highest BCUT2D eigenvalue weighted by Gasteiger charge is 2.46. The molecule has 1 N–H and O–H groups in total. The third-order valence-corrected chi connectivity index (χ3v) is 9.10. The maximum atomic E-state index is 13.5. The maximum Gasteiger partial charge on any atom is 0.267 e. The molecule has 8 nitrogen and oxygen atoms in total. The van der Waals surface area contributed by atoms with Crippen molar-refractivity contribution in [2.75, 3.05) is 28.3 Å². The number of para-hydroxylation sites is 1. The number of fused-ring (bicyclic) bond motifs is 1. The number of benzene rings is 2. The van der Waals surface area contributed by atoms with Gasteiger partial charge in [-0.15, -0.1) is 0 Å². The summed E-state index contributed by atoms with van der Waals surface area (Å²) in [6.07, 6.45) is 0.289. The summed E-state index contributed by atoms with van der Waals surface area (Å²) in [5.74, 6) is -2.15. The number of carbonyl (C=O) groups is 3. The second kappa shape index (κ2) is 8.85. The minimum Gasteiger partial charge on any atom is -0.325 e. The summed E-state index contributed by atoms with van der Waals surface area (Å²) >= 11 is 6.35. The molecule has 2 saturated heterocycles. The number of carbonyl (C=O) groups excluding carboxylic acids is 3. The second-order valence-corrected chi connectivity index (χ2v) is 12.1. The van der Waals surface area contributed by atoms with Crippen molar-refractivity contribution < 1.29 is 27.2 Å². The number of anilines is 2. The summed E-state index contributed by atoms with van der Waals surface area (Å²) in [5, 5.41) is 2.63. The molecule has 0 aliphatic carbocycles. The van der Waals surface area contributed by atoms with E-state index in [1.54, 1.807) is 24.3 Å². The number of nitrogens with one attached hydrogen (secondary N) is 1. The molecule has 35 heavy (non-hydrogen) atoms. The lowest BCUT2D eigenvalue weighted by Gasteiger charge is -2.21. The lowest BCUT2D eigenvalue weighted by Crippen LogP contribution is -2.39. The fourth-order valence-corrected chi connectivity index (χ4v) is 7.53. The first-order chi connectivity index (χ1) is 16.6. The lowest BCUT2D eigenvalue weighted by molar-refractivity contribution is -0.123. The van der Waals surface area contributed by atoms with Crippen LogP contribution in [0.4, 0.5) is 15.8 Å². The van der Waals surface area contributed by atoms with Gasteiger partial charge in [0.1, 0.15) is 16.7 Å². The highest BCUT2D eigenvalue weighted by Crippen LogP contribution is 2.45. The van der Waals surface area contributed by atoms with Crippen LogP contribution >= 0.6 is 24.0 Å². The summed E-state index contributed by atoms with van der Waals surface area (Å²) in [4.78, 5) is 42.2. The fourth-order valence-electron chi connectivity index (χ4n) is 4.36. The van der Waals surface area contributed by atoms with Crippen LogP contribution in [0.5, 0.6) is 0 Å². The van der Waals surface area contributed by atoms with Gasteiger partial charge in [0.2, 0.25) is 5.91 Å². The molecule has 5 rings (SSSR count). The monoisotopic (exact) mass is 531 g/mol. The molecule has 2 aromatic carbocycles. The van der Waals surface area contributed by atoms with E-state index in [1.165, 1.54) is 34.1 Å². The third-order valence-electron chi connectivity index (χ3n) is 5.95. The van der Waals surface area contributed by atoms with Crippen molar-refractivity contribution in [2.45, 2.75) is 12.5 Å². The van der Waals surface area contributed by atoms with Gasteiger partial charge in [-0.05, 0) is 36.8 Å². The van der Waals surface area contributed by atoms with Crippen LogP contribution in [0.2, 0.25) is 0 Å². The number of thiocarbonyl (C=S) groups is 1. The number of thioether (sulfide) groups is 1. The molecule has 0 bridgehead atoms. The first kappa shape index (κ1) is 23.6. The molecule has 12 heteroatoms. The van der Waals surface area contributed by atoms with Crippen molar-refractivity contribution in [1.82, 2.24) is 4.90 Å². The largest absolute Gasteiger partial charge is 0.325 e. The van der Waals surface area contributed by atoms with Gasteiger partial charge in [-0.3, -0.25) is 24.2 Å². The molecule has 3 heterocycles. The molecular weight excluding hydrogens is 513 g/mol. The van der Waals surface area contributed by atoms with Crippen molar-refractivity contribution in [3.05, 3.63) is 64.8 Å². The zero-order valence-electron chi connectivity index (χ0n) is 18.1. The van der Waals surface area contributed by atoms with Crippen molar-refractivity contribution >= 4 is 72.8 Å². The first-order valence-electron chi connectivity index (χ1n) is 10.6. The van der Waals surface area contributed by atoms with E-state index >= 15 is 0 Å². The van der Waals surface area contributed by atoms with Crippen LogP contribution < -0.4 is 10.2 Å². The molecule has 0 unspecified atom stereocenters. The SMILES string of the molecule is O=C(CN1C(=O)/C(=C2/SC(=S)N([C@@H]3CCS(=O)(=O)C3)C2=O)c2ccccc21)Nc1ccc(F)cc1. The first-order valence-corrected chi connectivity index (χ1v) is 13.7. The van der Waals surface area contributed by atoms with Crippen LogP contribution in [-0.2, 0) is 24.2 Å². The summed E-state index contributed by atoms with van der Waals surface area (Å²) in [5.41, 5.74) is 1.47. The number of hydrogen-bond donors (Lipinski definition) is 1. The average molecular weight is 532 g/mol. The second-order valence-electron chi connectivity index (χ2n) is 8.27. The predicted molar refractivity (Wildman–Crippen MR) is 135 cm³/mol. The Morgan fingerprint density at radius 2 is 1.83 bits per heavy atom. The number of sulfone groups is 1. The Balaban J connectivity index is 1.44. The summed E-state index contributed by atoms with van der Waals surface area (Å²) < 4.78 is 37.2. The summed E-state index contributed by atoms with van der Waals surface area (Å²) in [6.45, 7) is -0.322. The Hall–Kier alpha value is -3.09. The van der Waals surface area contributed by atoms with E-state index in [0.29, 0.717) is 16.9 Å². The molecule has 1 atom stereocenters. The van der Waals surface area contributed by atoms with Gasteiger partial charge in [0.05, 0.1) is 33.7 Å². The molecule has 0 spiro atoms. The molecule has 0 radical (unpaired) electrons. The van der Waals surface area contributed by atoms with E-state index in [-0.39, 0.29) is 39.3 Å². The van der Waals surface area contributed by atoms with Crippen LogP contribution in [0.25, 0.3) is 5.57 Å². The molecule has 3 aliphatic rings. The lowest BCUT2D eigenvalue weighted by atomic mass is 10.1. The van der Waals surface area contributed by atoms with Crippen LogP contribution in [0.3, 0.4) is 0 Å². The fraction of sp³-hybridized carbons (Fsp3) is 0.217. The number of nitrogens with zero attached hydrogens (tertiary/aromatic N) is 2. The van der Waals surface area contributed by atoms with Gasteiger partial charge in [0, 0.05) is 11.3 Å². The van der Waals surface area contributed by atoms with E-state index in [2.05, 4.69) is 5.32 Å². The third kappa shape index (κ3) is 4.37. The number of halogens is 1. The number of amides is 3. The van der Waals surface area contributed by atoms with Crippen molar-refractivity contribution in [3.63, 3.8) is 0 Å². The van der Waals surface area contributed by atoms with E-state index < -0.39 is 39.4 Å². The van der Waals surface area contributed by atoms with E-state index in [4.69, 9.17) is 12.2 Å². The average Bonchev–Trinajstić information content (AvgIpc) is 3.40. The molecule has 180 valence electrons. The Morgan fingerprint density at radius 3 is 2.51 bits per heavy atom. The Kier molecular flexibility index (Phi) is 5.98. The molecule has 3 aliphatic heterocycles. The van der Waals surface area contributed by atoms with Gasteiger partial charge in [0.25, 0.3) is 11.8 Å². The van der Waals surface area contributed by atoms with Gasteiger partial charge in [-0.1, -0.05) is 42.2 Å². The van der Waals surface area contributed by atoms with Crippen molar-refractivity contribution in [3.8, 4) is 0 Å². The predicted octanol–water partition coefficient (Wildman–Crippen LogP) is 2.57. The van der Waals surface area contributed by atoms with Crippen LogP contribution in [-0.4, -0.2) is 59.5 Å². The quantitative estimate of drug-likeness (QED) is 0.478. The smallest absolute Gasteiger partial charge is 0.267 e. The topological polar surface area (TPSA) is 104 Å². The minimum absolute atomic E-state index is 0.0145. The van der Waals surface area contributed by atoms with Gasteiger partial charge in [-0.25, -0.2) is 12.8 Å². The molecule has 2 fully saturated rings. The van der Waals surface area contributed by atoms with Gasteiger partial charge < -0.3 is 5.32 Å². The van der Waals surface area contributed by atoms with Crippen LogP contribution in [0, 0.1) is 5.82 Å². The standard InChI is InChI=1S/C23H18FN3O5S3/c24-13-5-7-14(8-6-13)25-18(28)11-26-17-4-2-1-3-16(17)19(21(26)29)20-22(30)27(23(33)34-20)15-9-10-35(31,32)12-15/h1-8,15H,9-12H2,(H,25,28)/b20-19+/t15-/m1/s1. The highest BCUT2D eigenvalue weighted by atomic mass is 32.2. The molecule has 0 aromatic heterocycles. The zero-order valence-corrected chi connectivity index (χ0v) is 20.5. The maximum absolute atomic E-state index is 13.5. The molecule has 2 aromatic rings. The van der Waals surface area contributed by atoms with Gasteiger partial charge >= 0.3 is 0 Å². The van der Waals surface area contributed by atoms with Crippen LogP contribution in [0.1, 0.15) is 12.0 Å². The molecule has 3 amide bonds. The van der Waals surface area contributed by atoms with E-state index in [1.807, 2.05) is 0 Å². The van der Waals surface area contributed by atoms with Crippen molar-refractivity contribution in [1.29, 1.82) is 0 Å². The summed E-state index contributed by atoms with van der Waals surface area (Å²) in [7, 11) is -3.25. The normalized spacial score (nSPS) is 23.2. The molecular formula is C23H18FN3O5S3. The highest BCUT2D eigenvalue weighted by molar-refractivity contribution is 8.26. The van der Waals surface area contributed by atoms with E-state index in [9.17, 15) is 27.2 Å². The Morgan fingerprint density at radius 1 is 1.11 bits per heavy atom. The van der Waals surface area contributed by atoms with Crippen molar-refractivity contribution in [2.24, 2.45) is 0 Å². The summed E-state index contributed by atoms with van der Waals surface area (Å²) in [6, 6.07) is 11.5. The minimum atomic E-state index is -3.25. The van der Waals surface area contributed by atoms with E-state index in [0.717, 1.165) is 11.8 Å². The number of rotatable bonds is 4. The Labute approximate surface area is 210 Å².